The molecule has 1 aromatic carbocycles. The highest BCUT2D eigenvalue weighted by Gasteiger charge is 2.19. The molecule has 3 rings (SSSR count). The molecule has 0 atom stereocenters. The lowest BCUT2D eigenvalue weighted by molar-refractivity contribution is 0.121. The molecular formula is C15H20N4OS. The number of ether oxygens (including phenoxy) is 1. The molecule has 0 radical (unpaired) electrons. The molecule has 1 fully saturated rings. The van der Waals surface area contributed by atoms with E-state index in [0.717, 1.165) is 49.7 Å². The van der Waals surface area contributed by atoms with Crippen LogP contribution in [0, 0.1) is 0 Å². The summed E-state index contributed by atoms with van der Waals surface area (Å²) >= 11 is 1.74. The van der Waals surface area contributed by atoms with E-state index in [4.69, 9.17) is 4.74 Å². The Kier molecular flexibility index (Phi) is 4.77. The molecule has 0 amide bonds. The van der Waals surface area contributed by atoms with E-state index < -0.39 is 0 Å². The van der Waals surface area contributed by atoms with Gasteiger partial charge in [-0.15, -0.1) is 10.2 Å². The number of anilines is 1. The molecule has 6 heteroatoms. The van der Waals surface area contributed by atoms with Crippen LogP contribution in [0.4, 0.5) is 5.95 Å². The monoisotopic (exact) mass is 304 g/mol. The first-order valence-electron chi connectivity index (χ1n) is 7.31. The quantitative estimate of drug-likeness (QED) is 0.794. The molecule has 2 heterocycles. The minimum atomic E-state index is 0.767. The van der Waals surface area contributed by atoms with Gasteiger partial charge in [-0.25, -0.2) is 0 Å². The van der Waals surface area contributed by atoms with Crippen LogP contribution in [0.2, 0.25) is 0 Å². The first-order chi connectivity index (χ1) is 10.4. The van der Waals surface area contributed by atoms with Crippen LogP contribution in [0.5, 0.6) is 0 Å². The smallest absolute Gasteiger partial charge is 0.228 e. The number of benzene rings is 1. The van der Waals surface area contributed by atoms with Gasteiger partial charge in [0.05, 0.1) is 13.2 Å². The number of thioether (sulfide) groups is 1. The highest BCUT2D eigenvalue weighted by molar-refractivity contribution is 7.98. The number of rotatable bonds is 5. The minimum Gasteiger partial charge on any atom is -0.378 e. The van der Waals surface area contributed by atoms with Crippen LogP contribution >= 0.6 is 11.8 Å². The van der Waals surface area contributed by atoms with Gasteiger partial charge < -0.3 is 9.64 Å². The van der Waals surface area contributed by atoms with Crippen LogP contribution in [-0.2, 0) is 17.0 Å². The topological polar surface area (TPSA) is 43.2 Å². The van der Waals surface area contributed by atoms with E-state index in [1.54, 1.807) is 11.8 Å². The molecular weight excluding hydrogens is 284 g/mol. The van der Waals surface area contributed by atoms with E-state index in [-0.39, 0.29) is 0 Å². The van der Waals surface area contributed by atoms with Gasteiger partial charge in [0.2, 0.25) is 5.95 Å². The van der Waals surface area contributed by atoms with Crippen LogP contribution in [0.3, 0.4) is 0 Å². The van der Waals surface area contributed by atoms with Crippen molar-refractivity contribution in [2.45, 2.75) is 24.4 Å². The molecule has 2 aromatic rings. The van der Waals surface area contributed by atoms with Crippen molar-refractivity contribution in [1.29, 1.82) is 0 Å². The fraction of sp³-hybridized carbons (Fsp3) is 0.467. The maximum atomic E-state index is 5.40. The maximum Gasteiger partial charge on any atom is 0.228 e. The van der Waals surface area contributed by atoms with E-state index in [2.05, 4.69) is 50.9 Å². The highest BCUT2D eigenvalue weighted by Crippen LogP contribution is 2.25. The van der Waals surface area contributed by atoms with Gasteiger partial charge in [0, 0.05) is 25.4 Å². The lowest BCUT2D eigenvalue weighted by Crippen LogP contribution is -2.38. The van der Waals surface area contributed by atoms with Gasteiger partial charge in [-0.05, 0) is 12.5 Å². The Bertz CT molecular complexity index is 566. The first-order valence-corrected chi connectivity index (χ1v) is 8.29. The summed E-state index contributed by atoms with van der Waals surface area (Å²) in [5.41, 5.74) is 1.31. The van der Waals surface area contributed by atoms with E-state index in [1.165, 1.54) is 5.56 Å². The van der Waals surface area contributed by atoms with Crippen LogP contribution in [-0.4, -0.2) is 41.1 Å². The zero-order chi connectivity index (χ0) is 14.5. The third-order valence-electron chi connectivity index (χ3n) is 3.52. The molecule has 112 valence electrons. The summed E-state index contributed by atoms with van der Waals surface area (Å²) in [6, 6.07) is 10.5. The second-order valence-electron chi connectivity index (χ2n) is 4.90. The molecule has 5 nitrogen and oxygen atoms in total. The minimum absolute atomic E-state index is 0.767. The number of morpholine rings is 1. The number of hydrogen-bond acceptors (Lipinski definition) is 5. The lowest BCUT2D eigenvalue weighted by Gasteiger charge is -2.27. The Balaban J connectivity index is 1.72. The Hall–Kier alpha value is -1.53. The second kappa shape index (κ2) is 6.95. The zero-order valence-corrected chi connectivity index (χ0v) is 13.1. The standard InChI is InChI=1S/C15H20N4OS/c1-2-19-14(18-8-10-20-11-9-18)16-17-15(19)21-12-13-6-4-3-5-7-13/h3-7H,2,8-12H2,1H3. The zero-order valence-electron chi connectivity index (χ0n) is 12.2. The highest BCUT2D eigenvalue weighted by atomic mass is 32.2. The predicted octanol–water partition coefficient (Wildman–Crippen LogP) is 2.43. The van der Waals surface area contributed by atoms with Crippen molar-refractivity contribution < 1.29 is 4.74 Å². The molecule has 1 aromatic heterocycles. The van der Waals surface area contributed by atoms with Crippen molar-refractivity contribution in [3.63, 3.8) is 0 Å². The predicted molar refractivity (Wildman–Crippen MR) is 84.7 cm³/mol. The van der Waals surface area contributed by atoms with Crippen molar-refractivity contribution in [3.05, 3.63) is 35.9 Å². The maximum absolute atomic E-state index is 5.40. The third-order valence-corrected chi connectivity index (χ3v) is 4.56. The van der Waals surface area contributed by atoms with Gasteiger partial charge >= 0.3 is 0 Å². The van der Waals surface area contributed by atoms with Crippen molar-refractivity contribution in [1.82, 2.24) is 14.8 Å². The van der Waals surface area contributed by atoms with E-state index in [1.807, 2.05) is 6.07 Å². The van der Waals surface area contributed by atoms with Crippen LogP contribution < -0.4 is 4.90 Å². The van der Waals surface area contributed by atoms with Crippen molar-refractivity contribution in [2.75, 3.05) is 31.2 Å². The molecule has 1 aliphatic heterocycles. The number of aromatic nitrogens is 3. The fourth-order valence-corrected chi connectivity index (χ4v) is 3.34. The Morgan fingerprint density at radius 3 is 2.62 bits per heavy atom. The summed E-state index contributed by atoms with van der Waals surface area (Å²) in [5, 5.41) is 9.74. The summed E-state index contributed by atoms with van der Waals surface area (Å²) in [6.07, 6.45) is 0. The fourth-order valence-electron chi connectivity index (χ4n) is 2.38. The van der Waals surface area contributed by atoms with E-state index in [0.29, 0.717) is 0 Å². The molecule has 21 heavy (non-hydrogen) atoms. The summed E-state index contributed by atoms with van der Waals surface area (Å²) in [4.78, 5) is 2.26. The van der Waals surface area contributed by atoms with Crippen LogP contribution in [0.25, 0.3) is 0 Å². The largest absolute Gasteiger partial charge is 0.378 e. The molecule has 0 saturated carbocycles. The van der Waals surface area contributed by atoms with Gasteiger partial charge in [-0.1, -0.05) is 42.1 Å². The average Bonchev–Trinajstić information content (AvgIpc) is 2.97. The molecule has 1 aliphatic rings. The first kappa shape index (κ1) is 14.4. The van der Waals surface area contributed by atoms with E-state index in [9.17, 15) is 0 Å². The van der Waals surface area contributed by atoms with Crippen LogP contribution in [0.15, 0.2) is 35.5 Å². The summed E-state index contributed by atoms with van der Waals surface area (Å²) in [7, 11) is 0. The van der Waals surface area contributed by atoms with Gasteiger partial charge in [0.1, 0.15) is 0 Å². The van der Waals surface area contributed by atoms with Crippen molar-refractivity contribution in [2.24, 2.45) is 0 Å². The van der Waals surface area contributed by atoms with Gasteiger partial charge in [-0.2, -0.15) is 0 Å². The molecule has 1 saturated heterocycles. The van der Waals surface area contributed by atoms with Crippen molar-refractivity contribution in [3.8, 4) is 0 Å². The molecule has 0 aliphatic carbocycles. The second-order valence-corrected chi connectivity index (χ2v) is 5.84. The van der Waals surface area contributed by atoms with Gasteiger partial charge in [-0.3, -0.25) is 4.57 Å². The molecule has 0 unspecified atom stereocenters. The Morgan fingerprint density at radius 2 is 1.90 bits per heavy atom. The Labute approximate surface area is 129 Å². The normalized spacial score (nSPS) is 15.4. The lowest BCUT2D eigenvalue weighted by atomic mass is 10.2. The molecule has 0 N–H and O–H groups in total. The van der Waals surface area contributed by atoms with Crippen molar-refractivity contribution >= 4 is 17.7 Å². The summed E-state index contributed by atoms with van der Waals surface area (Å²) in [6.45, 7) is 6.34. The summed E-state index contributed by atoms with van der Waals surface area (Å²) in [5.74, 6) is 1.89. The molecule has 0 spiro atoms. The van der Waals surface area contributed by atoms with Gasteiger partial charge in [0.15, 0.2) is 5.16 Å². The number of hydrogen-bond donors (Lipinski definition) is 0. The summed E-state index contributed by atoms with van der Waals surface area (Å²) < 4.78 is 7.60. The van der Waals surface area contributed by atoms with Crippen LogP contribution in [0.1, 0.15) is 12.5 Å². The third kappa shape index (κ3) is 3.39. The molecule has 0 bridgehead atoms. The Morgan fingerprint density at radius 1 is 1.14 bits per heavy atom. The SMILES string of the molecule is CCn1c(SCc2ccccc2)nnc1N1CCOCC1. The number of nitrogens with zero attached hydrogens (tertiary/aromatic N) is 4. The average molecular weight is 304 g/mol. The van der Waals surface area contributed by atoms with Gasteiger partial charge in [0.25, 0.3) is 0 Å². The van der Waals surface area contributed by atoms with E-state index >= 15 is 0 Å².